The molecule has 1 aliphatic heterocycles. The largest absolute Gasteiger partial charge is 0.462 e. The number of nitrogens with zero attached hydrogens (tertiary/aromatic N) is 1. The SMILES string of the molecule is CCCC(=O)OC1CC(C)(C)N(C(C)=O)C(C)(C)C1. The van der Waals surface area contributed by atoms with Gasteiger partial charge in [0.25, 0.3) is 0 Å². The Hall–Kier alpha value is -1.06. The summed E-state index contributed by atoms with van der Waals surface area (Å²) in [7, 11) is 0. The normalized spacial score (nSPS) is 22.1. The number of ether oxygens (including phenoxy) is 1. The fourth-order valence-electron chi connectivity index (χ4n) is 3.57. The molecule has 110 valence electrons. The molecule has 0 aromatic heterocycles. The number of esters is 1. The van der Waals surface area contributed by atoms with E-state index in [1.165, 1.54) is 0 Å². The van der Waals surface area contributed by atoms with Crippen LogP contribution in [0, 0.1) is 0 Å². The van der Waals surface area contributed by atoms with E-state index in [1.54, 1.807) is 6.92 Å². The lowest BCUT2D eigenvalue weighted by molar-refractivity contribution is -0.166. The first kappa shape index (κ1) is 16.0. The molecule has 19 heavy (non-hydrogen) atoms. The molecule has 0 aromatic rings. The van der Waals surface area contributed by atoms with Gasteiger partial charge in [-0.15, -0.1) is 0 Å². The number of rotatable bonds is 3. The summed E-state index contributed by atoms with van der Waals surface area (Å²) in [5.41, 5.74) is -0.574. The van der Waals surface area contributed by atoms with Crippen LogP contribution in [0.15, 0.2) is 0 Å². The Morgan fingerprint density at radius 1 is 1.16 bits per heavy atom. The predicted molar refractivity (Wildman–Crippen MR) is 74.7 cm³/mol. The number of carbonyl (C=O) groups is 2. The predicted octanol–water partition coefficient (Wildman–Crippen LogP) is 2.90. The molecule has 0 N–H and O–H groups in total. The number of likely N-dealkylation sites (tertiary alicyclic amines) is 1. The lowest BCUT2D eigenvalue weighted by Gasteiger charge is -2.54. The summed E-state index contributed by atoms with van der Waals surface area (Å²) in [4.78, 5) is 25.4. The second-order valence-electron chi connectivity index (χ2n) is 6.75. The van der Waals surface area contributed by atoms with Crippen molar-refractivity contribution in [3.63, 3.8) is 0 Å². The average Bonchev–Trinajstić information content (AvgIpc) is 2.11. The second kappa shape index (κ2) is 5.51. The van der Waals surface area contributed by atoms with Crippen LogP contribution in [0.4, 0.5) is 0 Å². The fourth-order valence-corrected chi connectivity index (χ4v) is 3.57. The molecule has 0 unspecified atom stereocenters. The molecule has 1 aliphatic rings. The first-order valence-electron chi connectivity index (χ1n) is 7.10. The highest BCUT2D eigenvalue weighted by Crippen LogP contribution is 2.39. The third-order valence-electron chi connectivity index (χ3n) is 3.73. The molecule has 1 saturated heterocycles. The van der Waals surface area contributed by atoms with Crippen LogP contribution >= 0.6 is 0 Å². The Kier molecular flexibility index (Phi) is 4.64. The summed E-state index contributed by atoms with van der Waals surface area (Å²) in [5, 5.41) is 0. The summed E-state index contributed by atoms with van der Waals surface area (Å²) in [6.07, 6.45) is 2.57. The van der Waals surface area contributed by atoms with Crippen LogP contribution in [0.2, 0.25) is 0 Å². The van der Waals surface area contributed by atoms with Gasteiger partial charge in [0.05, 0.1) is 0 Å². The molecule has 0 bridgehead atoms. The minimum Gasteiger partial charge on any atom is -0.462 e. The zero-order valence-corrected chi connectivity index (χ0v) is 13.1. The number of piperidine rings is 1. The molecule has 4 heteroatoms. The molecule has 0 spiro atoms. The van der Waals surface area contributed by atoms with Gasteiger partial charge in [0.15, 0.2) is 0 Å². The molecule has 0 aliphatic carbocycles. The van der Waals surface area contributed by atoms with Gasteiger partial charge in [-0.3, -0.25) is 9.59 Å². The van der Waals surface area contributed by atoms with Gasteiger partial charge < -0.3 is 9.64 Å². The minimum atomic E-state index is -0.287. The van der Waals surface area contributed by atoms with E-state index in [1.807, 2.05) is 39.5 Å². The van der Waals surface area contributed by atoms with E-state index >= 15 is 0 Å². The highest BCUT2D eigenvalue weighted by molar-refractivity contribution is 5.75. The van der Waals surface area contributed by atoms with E-state index in [4.69, 9.17) is 4.74 Å². The third kappa shape index (κ3) is 3.71. The Morgan fingerprint density at radius 2 is 1.63 bits per heavy atom. The first-order valence-corrected chi connectivity index (χ1v) is 7.10. The van der Waals surface area contributed by atoms with Gasteiger partial charge in [-0.1, -0.05) is 6.92 Å². The molecular formula is C15H27NO3. The van der Waals surface area contributed by atoms with Crippen LogP contribution in [0.3, 0.4) is 0 Å². The van der Waals surface area contributed by atoms with Crippen molar-refractivity contribution >= 4 is 11.9 Å². The number of hydrogen-bond donors (Lipinski definition) is 0. The number of carbonyl (C=O) groups excluding carboxylic acids is 2. The summed E-state index contributed by atoms with van der Waals surface area (Å²) in [6, 6.07) is 0. The van der Waals surface area contributed by atoms with Crippen LogP contribution in [0.1, 0.15) is 67.2 Å². The van der Waals surface area contributed by atoms with Crippen LogP contribution < -0.4 is 0 Å². The van der Waals surface area contributed by atoms with E-state index in [0.29, 0.717) is 19.3 Å². The molecule has 0 saturated carbocycles. The standard InChI is InChI=1S/C15H27NO3/c1-7-8-13(18)19-12-9-14(3,4)16(11(2)17)15(5,6)10-12/h12H,7-10H2,1-6H3. The van der Waals surface area contributed by atoms with Gasteiger partial charge in [0.2, 0.25) is 5.91 Å². The van der Waals surface area contributed by atoms with Crippen molar-refractivity contribution in [1.29, 1.82) is 0 Å². The number of amides is 1. The van der Waals surface area contributed by atoms with E-state index in [-0.39, 0.29) is 29.1 Å². The van der Waals surface area contributed by atoms with Crippen molar-refractivity contribution < 1.29 is 14.3 Å². The molecule has 0 atom stereocenters. The topological polar surface area (TPSA) is 46.6 Å². The van der Waals surface area contributed by atoms with Crippen LogP contribution in [0.5, 0.6) is 0 Å². The highest BCUT2D eigenvalue weighted by atomic mass is 16.5. The molecule has 1 fully saturated rings. The minimum absolute atomic E-state index is 0.0772. The van der Waals surface area contributed by atoms with Gasteiger partial charge in [0.1, 0.15) is 6.10 Å². The van der Waals surface area contributed by atoms with Crippen molar-refractivity contribution in [2.24, 2.45) is 0 Å². The van der Waals surface area contributed by atoms with Crippen molar-refractivity contribution in [2.75, 3.05) is 0 Å². The lowest BCUT2D eigenvalue weighted by atomic mass is 9.78. The molecule has 0 aromatic carbocycles. The molecule has 0 radical (unpaired) electrons. The summed E-state index contributed by atoms with van der Waals surface area (Å²) >= 11 is 0. The third-order valence-corrected chi connectivity index (χ3v) is 3.73. The highest BCUT2D eigenvalue weighted by Gasteiger charge is 2.47. The van der Waals surface area contributed by atoms with Crippen molar-refractivity contribution in [3.8, 4) is 0 Å². The van der Waals surface area contributed by atoms with Gasteiger partial charge in [-0.05, 0) is 34.1 Å². The van der Waals surface area contributed by atoms with E-state index in [9.17, 15) is 9.59 Å². The Labute approximate surface area is 116 Å². The molecule has 1 amide bonds. The maximum atomic E-state index is 11.9. The Bertz CT molecular complexity index is 342. The molecule has 4 nitrogen and oxygen atoms in total. The van der Waals surface area contributed by atoms with Crippen molar-refractivity contribution in [2.45, 2.75) is 84.4 Å². The van der Waals surface area contributed by atoms with E-state index < -0.39 is 0 Å². The van der Waals surface area contributed by atoms with Gasteiger partial charge in [0, 0.05) is 37.3 Å². The summed E-state index contributed by atoms with van der Waals surface area (Å²) in [5.74, 6) is -0.0521. The zero-order valence-electron chi connectivity index (χ0n) is 13.1. The molecule has 1 heterocycles. The van der Waals surface area contributed by atoms with Crippen molar-refractivity contribution in [3.05, 3.63) is 0 Å². The molecule has 1 rings (SSSR count). The van der Waals surface area contributed by atoms with Gasteiger partial charge >= 0.3 is 5.97 Å². The molecular weight excluding hydrogens is 242 g/mol. The van der Waals surface area contributed by atoms with E-state index in [0.717, 1.165) is 6.42 Å². The van der Waals surface area contributed by atoms with Crippen LogP contribution in [-0.2, 0) is 14.3 Å². The Morgan fingerprint density at radius 3 is 2.00 bits per heavy atom. The zero-order chi connectivity index (χ0) is 14.8. The summed E-state index contributed by atoms with van der Waals surface area (Å²) < 4.78 is 5.55. The number of hydrogen-bond acceptors (Lipinski definition) is 3. The maximum Gasteiger partial charge on any atom is 0.306 e. The first-order chi connectivity index (χ1) is 8.60. The monoisotopic (exact) mass is 269 g/mol. The van der Waals surface area contributed by atoms with Gasteiger partial charge in [-0.2, -0.15) is 0 Å². The Balaban J connectivity index is 2.84. The van der Waals surface area contributed by atoms with Crippen LogP contribution in [0.25, 0.3) is 0 Å². The van der Waals surface area contributed by atoms with Crippen molar-refractivity contribution in [1.82, 2.24) is 4.90 Å². The van der Waals surface area contributed by atoms with Gasteiger partial charge in [-0.25, -0.2) is 0 Å². The smallest absolute Gasteiger partial charge is 0.306 e. The fraction of sp³-hybridized carbons (Fsp3) is 0.867. The maximum absolute atomic E-state index is 11.9. The average molecular weight is 269 g/mol. The van der Waals surface area contributed by atoms with E-state index in [2.05, 4.69) is 0 Å². The second-order valence-corrected chi connectivity index (χ2v) is 6.75. The lowest BCUT2D eigenvalue weighted by Crippen LogP contribution is -2.63. The quantitative estimate of drug-likeness (QED) is 0.740. The summed E-state index contributed by atoms with van der Waals surface area (Å²) in [6.45, 7) is 11.7. The van der Waals surface area contributed by atoms with Crippen LogP contribution in [-0.4, -0.2) is 34.0 Å².